The summed E-state index contributed by atoms with van der Waals surface area (Å²) in [6.45, 7) is 0. The molecule has 0 radical (unpaired) electrons. The summed E-state index contributed by atoms with van der Waals surface area (Å²) in [5.41, 5.74) is 15.4. The van der Waals surface area contributed by atoms with Gasteiger partial charge in [0.15, 0.2) is 0 Å². The number of anilines is 3. The smallest absolute Gasteiger partial charge is 0.136 e. The lowest BCUT2D eigenvalue weighted by molar-refractivity contribution is 0.669. The third-order valence-corrected chi connectivity index (χ3v) is 12.2. The standard InChI is InChI=1S/C58H38N2O/c1-2-15-39(16-3-1)41-19-12-20-42(35-41)40-31-33-45(34-32-40)59(46-21-13-22-47(38-46)60-54-28-10-6-23-48(54)49-24-7-11-29-55(49)60)53-27-9-8-25-50(53)51-26-14-30-56-58(51)52-36-43-17-4-5-18-44(43)37-57(52)61-56/h1-38H. The summed E-state index contributed by atoms with van der Waals surface area (Å²) in [7, 11) is 0. The second-order valence-corrected chi connectivity index (χ2v) is 15.7. The van der Waals surface area contributed by atoms with Crippen LogP contribution in [0, 0.1) is 0 Å². The molecule has 0 spiro atoms. The molecule has 10 aromatic carbocycles. The number of furan rings is 1. The SMILES string of the molecule is c1ccc(-c2cccc(-c3ccc(N(c4cccc(-n5c6ccccc6c6ccccc65)c4)c4ccccc4-c4cccc5oc6cc7ccccc7cc6c45)cc3)c2)cc1. The van der Waals surface area contributed by atoms with Crippen molar-refractivity contribution in [3.05, 3.63) is 231 Å². The van der Waals surface area contributed by atoms with Gasteiger partial charge in [0.2, 0.25) is 0 Å². The van der Waals surface area contributed by atoms with Crippen LogP contribution in [0.4, 0.5) is 17.1 Å². The number of nitrogens with zero attached hydrogens (tertiary/aromatic N) is 2. The number of hydrogen-bond donors (Lipinski definition) is 0. The van der Waals surface area contributed by atoms with Gasteiger partial charge in [-0.05, 0) is 111 Å². The average molecular weight is 779 g/mol. The van der Waals surface area contributed by atoms with E-state index in [1.807, 2.05) is 0 Å². The van der Waals surface area contributed by atoms with Gasteiger partial charge in [0, 0.05) is 44.2 Å². The third-order valence-electron chi connectivity index (χ3n) is 12.2. The van der Waals surface area contributed by atoms with E-state index < -0.39 is 0 Å². The highest BCUT2D eigenvalue weighted by Gasteiger charge is 2.22. The van der Waals surface area contributed by atoms with Crippen molar-refractivity contribution < 1.29 is 4.42 Å². The monoisotopic (exact) mass is 778 g/mol. The van der Waals surface area contributed by atoms with Gasteiger partial charge in [0.25, 0.3) is 0 Å². The molecule has 0 N–H and O–H groups in total. The molecule has 0 amide bonds. The van der Waals surface area contributed by atoms with Crippen LogP contribution in [0.1, 0.15) is 0 Å². The van der Waals surface area contributed by atoms with Gasteiger partial charge in [0.05, 0.1) is 16.7 Å². The summed E-state index contributed by atoms with van der Waals surface area (Å²) < 4.78 is 8.99. The van der Waals surface area contributed by atoms with Gasteiger partial charge in [-0.1, -0.05) is 158 Å². The third kappa shape index (κ3) is 5.90. The van der Waals surface area contributed by atoms with Gasteiger partial charge in [-0.2, -0.15) is 0 Å². The minimum Gasteiger partial charge on any atom is -0.456 e. The van der Waals surface area contributed by atoms with Crippen molar-refractivity contribution in [3.8, 4) is 39.1 Å². The minimum atomic E-state index is 0.875. The summed E-state index contributed by atoms with van der Waals surface area (Å²) in [6.07, 6.45) is 0. The molecule has 0 bridgehead atoms. The summed E-state index contributed by atoms with van der Waals surface area (Å²) in [5, 5.41) is 7.07. The van der Waals surface area contributed by atoms with Crippen molar-refractivity contribution in [1.82, 2.24) is 4.57 Å². The molecule has 286 valence electrons. The van der Waals surface area contributed by atoms with Gasteiger partial charge in [0.1, 0.15) is 11.2 Å². The minimum absolute atomic E-state index is 0.875. The number of rotatable bonds is 7. The zero-order valence-corrected chi connectivity index (χ0v) is 33.2. The molecule has 3 heteroatoms. The predicted octanol–water partition coefficient (Wildman–Crippen LogP) is 16.3. The van der Waals surface area contributed by atoms with Crippen molar-refractivity contribution in [3.63, 3.8) is 0 Å². The fourth-order valence-electron chi connectivity index (χ4n) is 9.34. The van der Waals surface area contributed by atoms with E-state index in [4.69, 9.17) is 4.42 Å². The van der Waals surface area contributed by atoms with Crippen LogP contribution in [0.5, 0.6) is 0 Å². The Bertz CT molecular complexity index is 3540. The van der Waals surface area contributed by atoms with E-state index in [-0.39, 0.29) is 0 Å². The number of benzene rings is 10. The molecule has 0 saturated carbocycles. The molecule has 0 aliphatic rings. The van der Waals surface area contributed by atoms with Crippen LogP contribution in [0.2, 0.25) is 0 Å². The second-order valence-electron chi connectivity index (χ2n) is 15.7. The Labute approximate surface area is 353 Å². The molecule has 0 unspecified atom stereocenters. The Hall–Kier alpha value is -8.14. The Kier molecular flexibility index (Phi) is 8.17. The van der Waals surface area contributed by atoms with Crippen LogP contribution in [0.15, 0.2) is 235 Å². The van der Waals surface area contributed by atoms with Gasteiger partial charge in [-0.25, -0.2) is 0 Å². The molecule has 2 heterocycles. The zero-order valence-electron chi connectivity index (χ0n) is 33.2. The first kappa shape index (κ1) is 34.9. The molecule has 12 rings (SSSR count). The highest BCUT2D eigenvalue weighted by atomic mass is 16.3. The first-order chi connectivity index (χ1) is 30.2. The van der Waals surface area contributed by atoms with E-state index in [1.165, 1.54) is 49.3 Å². The molecule has 0 saturated heterocycles. The van der Waals surface area contributed by atoms with E-state index in [1.54, 1.807) is 0 Å². The fraction of sp³-hybridized carbons (Fsp3) is 0. The molecular formula is C58H38N2O. The Morgan fingerprint density at radius 1 is 0.344 bits per heavy atom. The fourth-order valence-corrected chi connectivity index (χ4v) is 9.34. The van der Waals surface area contributed by atoms with Gasteiger partial charge < -0.3 is 13.9 Å². The maximum absolute atomic E-state index is 6.60. The summed E-state index contributed by atoms with van der Waals surface area (Å²) in [6, 6.07) is 83.0. The van der Waals surface area contributed by atoms with Crippen LogP contribution >= 0.6 is 0 Å². The number of para-hydroxylation sites is 3. The van der Waals surface area contributed by atoms with Crippen LogP contribution in [-0.2, 0) is 0 Å². The van der Waals surface area contributed by atoms with E-state index in [0.29, 0.717) is 0 Å². The normalized spacial score (nSPS) is 11.6. The van der Waals surface area contributed by atoms with Crippen LogP contribution < -0.4 is 4.90 Å². The lowest BCUT2D eigenvalue weighted by Crippen LogP contribution is -2.12. The summed E-state index contributed by atoms with van der Waals surface area (Å²) in [5.74, 6) is 0. The highest BCUT2D eigenvalue weighted by Crippen LogP contribution is 2.46. The first-order valence-electron chi connectivity index (χ1n) is 20.8. The Morgan fingerprint density at radius 3 is 1.70 bits per heavy atom. The summed E-state index contributed by atoms with van der Waals surface area (Å²) >= 11 is 0. The number of hydrogen-bond acceptors (Lipinski definition) is 2. The molecule has 0 aliphatic heterocycles. The molecular weight excluding hydrogens is 741 g/mol. The topological polar surface area (TPSA) is 21.3 Å². The maximum Gasteiger partial charge on any atom is 0.136 e. The average Bonchev–Trinajstić information content (AvgIpc) is 3.87. The lowest BCUT2D eigenvalue weighted by atomic mass is 9.96. The largest absolute Gasteiger partial charge is 0.456 e. The first-order valence-corrected chi connectivity index (χ1v) is 20.8. The van der Waals surface area contributed by atoms with E-state index in [2.05, 4.69) is 240 Å². The number of fused-ring (bicyclic) bond motifs is 7. The highest BCUT2D eigenvalue weighted by molar-refractivity contribution is 6.17. The van der Waals surface area contributed by atoms with Crippen molar-refractivity contribution in [1.29, 1.82) is 0 Å². The van der Waals surface area contributed by atoms with Crippen LogP contribution in [0.3, 0.4) is 0 Å². The molecule has 61 heavy (non-hydrogen) atoms. The van der Waals surface area contributed by atoms with Crippen molar-refractivity contribution in [2.45, 2.75) is 0 Å². The van der Waals surface area contributed by atoms with Crippen LogP contribution in [0.25, 0.3) is 93.6 Å². The lowest BCUT2D eigenvalue weighted by Gasteiger charge is -2.29. The van der Waals surface area contributed by atoms with E-state index in [9.17, 15) is 0 Å². The Balaban J connectivity index is 1.06. The zero-order chi connectivity index (χ0) is 40.3. The van der Waals surface area contributed by atoms with Gasteiger partial charge in [-0.15, -0.1) is 0 Å². The molecule has 0 aliphatic carbocycles. The molecule has 2 aromatic heterocycles. The van der Waals surface area contributed by atoms with Crippen molar-refractivity contribution in [2.24, 2.45) is 0 Å². The van der Waals surface area contributed by atoms with Gasteiger partial charge in [-0.3, -0.25) is 0 Å². The molecule has 0 atom stereocenters. The molecule has 12 aromatic rings. The van der Waals surface area contributed by atoms with Crippen molar-refractivity contribution >= 4 is 71.6 Å². The molecule has 0 fully saturated rings. The summed E-state index contributed by atoms with van der Waals surface area (Å²) in [4.78, 5) is 2.41. The van der Waals surface area contributed by atoms with E-state index >= 15 is 0 Å². The number of aromatic nitrogens is 1. The maximum atomic E-state index is 6.60. The van der Waals surface area contributed by atoms with Crippen LogP contribution in [-0.4, -0.2) is 4.57 Å². The Morgan fingerprint density at radius 2 is 0.934 bits per heavy atom. The predicted molar refractivity (Wildman–Crippen MR) is 257 cm³/mol. The van der Waals surface area contributed by atoms with Crippen molar-refractivity contribution in [2.75, 3.05) is 4.90 Å². The second kappa shape index (κ2) is 14.3. The van der Waals surface area contributed by atoms with Gasteiger partial charge >= 0.3 is 0 Å². The molecule has 3 nitrogen and oxygen atoms in total. The quantitative estimate of drug-likeness (QED) is 0.161. The van der Waals surface area contributed by atoms with E-state index in [0.717, 1.165) is 61.4 Å².